The third-order valence-corrected chi connectivity index (χ3v) is 3.37. The first-order valence-corrected chi connectivity index (χ1v) is 7.14. The maximum atomic E-state index is 11.2. The molecule has 0 saturated carbocycles. The van der Waals surface area contributed by atoms with Gasteiger partial charge in [0.25, 0.3) is 0 Å². The first-order valence-electron chi connectivity index (χ1n) is 4.49. The Morgan fingerprint density at radius 1 is 1.29 bits per heavy atom. The van der Waals surface area contributed by atoms with E-state index in [0.717, 1.165) is 6.26 Å². The smallest absolute Gasteiger partial charge is 0.315 e. The maximum Gasteiger partial charge on any atom is 0.315 e. The molecule has 4 nitrogen and oxygen atoms in total. The van der Waals surface area contributed by atoms with Gasteiger partial charge in [-0.3, -0.25) is 0 Å². The van der Waals surface area contributed by atoms with Gasteiger partial charge in [-0.15, -0.1) is 0 Å². The van der Waals surface area contributed by atoms with Gasteiger partial charge in [-0.1, -0.05) is 23.2 Å². The maximum absolute atomic E-state index is 11.2. The van der Waals surface area contributed by atoms with Gasteiger partial charge in [-0.25, -0.2) is 13.4 Å². The molecule has 0 aliphatic carbocycles. The molecule has 1 aromatic carbocycles. The number of aromatic nitrogens is 1. The van der Waals surface area contributed by atoms with Crippen LogP contribution >= 0.6 is 23.2 Å². The molecule has 0 fully saturated rings. The van der Waals surface area contributed by atoms with Crippen molar-refractivity contribution < 1.29 is 12.8 Å². The second kappa shape index (κ2) is 4.33. The van der Waals surface area contributed by atoms with E-state index >= 15 is 0 Å². The largest absolute Gasteiger partial charge is 0.428 e. The summed E-state index contributed by atoms with van der Waals surface area (Å²) in [6.45, 7) is 0. The van der Waals surface area contributed by atoms with Crippen LogP contribution in [0.15, 0.2) is 34.0 Å². The fraction of sp³-hybridized carbons (Fsp3) is 0.100. The lowest BCUT2D eigenvalue weighted by Gasteiger charge is -2.00. The first kappa shape index (κ1) is 12.4. The molecule has 0 saturated heterocycles. The Balaban J connectivity index is 2.51. The highest BCUT2D eigenvalue weighted by molar-refractivity contribution is 7.90. The minimum atomic E-state index is -3.46. The molecular formula is C10H7Cl2NO3S. The second-order valence-electron chi connectivity index (χ2n) is 3.39. The number of hydrogen-bond donors (Lipinski definition) is 0. The van der Waals surface area contributed by atoms with Crippen LogP contribution in [0.2, 0.25) is 10.0 Å². The van der Waals surface area contributed by atoms with Crippen LogP contribution in [0.1, 0.15) is 0 Å². The Morgan fingerprint density at radius 2 is 2.00 bits per heavy atom. The summed E-state index contributed by atoms with van der Waals surface area (Å²) in [5.74, 6) is 0.284. The quantitative estimate of drug-likeness (QED) is 0.853. The second-order valence-corrected chi connectivity index (χ2v) is 6.12. The van der Waals surface area contributed by atoms with Crippen molar-refractivity contribution in [1.82, 2.24) is 4.98 Å². The minimum Gasteiger partial charge on any atom is -0.428 e. The number of oxazole rings is 1. The average Bonchev–Trinajstić information content (AvgIpc) is 2.65. The molecule has 17 heavy (non-hydrogen) atoms. The Hall–Kier alpha value is -1.04. The van der Waals surface area contributed by atoms with Crippen LogP contribution < -0.4 is 0 Å². The number of halogens is 2. The molecule has 0 radical (unpaired) electrons. The van der Waals surface area contributed by atoms with E-state index < -0.39 is 9.84 Å². The molecule has 90 valence electrons. The van der Waals surface area contributed by atoms with Crippen molar-refractivity contribution >= 4 is 33.0 Å². The number of benzene rings is 1. The van der Waals surface area contributed by atoms with Crippen LogP contribution in [-0.4, -0.2) is 19.7 Å². The molecule has 0 N–H and O–H groups in total. The van der Waals surface area contributed by atoms with E-state index in [1.54, 1.807) is 18.2 Å². The van der Waals surface area contributed by atoms with Crippen LogP contribution in [-0.2, 0) is 9.84 Å². The van der Waals surface area contributed by atoms with Crippen molar-refractivity contribution in [3.05, 3.63) is 34.4 Å². The van der Waals surface area contributed by atoms with E-state index in [0.29, 0.717) is 15.6 Å². The standard InChI is InChI=1S/C10H7Cl2NO3S/c1-17(14,15)10-13-5-9(16-10)7-3-2-6(11)4-8(7)12/h2-5H,1H3. The van der Waals surface area contributed by atoms with Crippen molar-refractivity contribution in [2.24, 2.45) is 0 Å². The highest BCUT2D eigenvalue weighted by Gasteiger charge is 2.17. The molecule has 0 aliphatic rings. The topological polar surface area (TPSA) is 60.2 Å². The van der Waals surface area contributed by atoms with Crippen molar-refractivity contribution in [3.63, 3.8) is 0 Å². The molecule has 0 bridgehead atoms. The molecule has 0 atom stereocenters. The highest BCUT2D eigenvalue weighted by Crippen LogP contribution is 2.31. The summed E-state index contributed by atoms with van der Waals surface area (Å²) in [6, 6.07) is 4.81. The van der Waals surface area contributed by atoms with Gasteiger partial charge in [-0.05, 0) is 18.2 Å². The Bertz CT molecular complexity index is 664. The van der Waals surface area contributed by atoms with Gasteiger partial charge in [0, 0.05) is 16.8 Å². The molecule has 1 heterocycles. The van der Waals surface area contributed by atoms with E-state index in [1.165, 1.54) is 6.20 Å². The molecular weight excluding hydrogens is 285 g/mol. The van der Waals surface area contributed by atoms with Crippen LogP contribution in [0.4, 0.5) is 0 Å². The molecule has 0 unspecified atom stereocenters. The fourth-order valence-electron chi connectivity index (χ4n) is 1.24. The monoisotopic (exact) mass is 291 g/mol. The summed E-state index contributed by atoms with van der Waals surface area (Å²) < 4.78 is 27.5. The van der Waals surface area contributed by atoms with Crippen LogP contribution in [0, 0.1) is 0 Å². The average molecular weight is 292 g/mol. The third kappa shape index (κ3) is 2.62. The van der Waals surface area contributed by atoms with Crippen molar-refractivity contribution in [3.8, 4) is 11.3 Å². The minimum absolute atomic E-state index is 0.284. The predicted molar refractivity (Wildman–Crippen MR) is 65.1 cm³/mol. The van der Waals surface area contributed by atoms with Crippen molar-refractivity contribution in [2.75, 3.05) is 6.26 Å². The summed E-state index contributed by atoms with van der Waals surface area (Å²) in [4.78, 5) is 3.68. The normalized spacial score (nSPS) is 11.7. The molecule has 2 rings (SSSR count). The zero-order chi connectivity index (χ0) is 12.6. The van der Waals surface area contributed by atoms with Gasteiger partial charge in [-0.2, -0.15) is 0 Å². The Kier molecular flexibility index (Phi) is 3.16. The first-order chi connectivity index (χ1) is 7.88. The molecule has 0 amide bonds. The fourth-order valence-corrected chi connectivity index (χ4v) is 2.23. The summed E-state index contributed by atoms with van der Waals surface area (Å²) in [6.07, 6.45) is 2.33. The molecule has 2 aromatic rings. The number of rotatable bonds is 2. The lowest BCUT2D eigenvalue weighted by atomic mass is 10.2. The SMILES string of the molecule is CS(=O)(=O)c1ncc(-c2ccc(Cl)cc2Cl)o1. The van der Waals surface area contributed by atoms with E-state index in [1.807, 2.05) is 0 Å². The lowest BCUT2D eigenvalue weighted by Crippen LogP contribution is -1.95. The Morgan fingerprint density at radius 3 is 2.53 bits per heavy atom. The number of nitrogens with zero attached hydrogens (tertiary/aromatic N) is 1. The van der Waals surface area contributed by atoms with E-state index in [4.69, 9.17) is 27.6 Å². The van der Waals surface area contributed by atoms with Gasteiger partial charge < -0.3 is 4.42 Å². The zero-order valence-electron chi connectivity index (χ0n) is 8.65. The lowest BCUT2D eigenvalue weighted by molar-refractivity contribution is 0.442. The van der Waals surface area contributed by atoms with Crippen LogP contribution in [0.3, 0.4) is 0 Å². The van der Waals surface area contributed by atoms with E-state index in [9.17, 15) is 8.42 Å². The van der Waals surface area contributed by atoms with Gasteiger partial charge in [0.1, 0.15) is 0 Å². The summed E-state index contributed by atoms with van der Waals surface area (Å²) in [5.41, 5.74) is 0.540. The number of hydrogen-bond acceptors (Lipinski definition) is 4. The third-order valence-electron chi connectivity index (χ3n) is 2.00. The van der Waals surface area contributed by atoms with Crippen molar-refractivity contribution in [1.29, 1.82) is 0 Å². The van der Waals surface area contributed by atoms with Crippen LogP contribution in [0.25, 0.3) is 11.3 Å². The molecule has 0 spiro atoms. The molecule has 1 aromatic heterocycles. The summed E-state index contributed by atoms with van der Waals surface area (Å²) in [7, 11) is -3.46. The summed E-state index contributed by atoms with van der Waals surface area (Å²) >= 11 is 11.7. The number of sulfone groups is 1. The molecule has 7 heteroatoms. The van der Waals surface area contributed by atoms with Gasteiger partial charge in [0.15, 0.2) is 5.76 Å². The van der Waals surface area contributed by atoms with Gasteiger partial charge >= 0.3 is 5.22 Å². The molecule has 0 aliphatic heterocycles. The predicted octanol–water partition coefficient (Wildman–Crippen LogP) is 3.05. The van der Waals surface area contributed by atoms with Gasteiger partial charge in [0.2, 0.25) is 9.84 Å². The van der Waals surface area contributed by atoms with E-state index in [2.05, 4.69) is 4.98 Å². The summed E-state index contributed by atoms with van der Waals surface area (Å²) in [5, 5.41) is 0.522. The highest BCUT2D eigenvalue weighted by atomic mass is 35.5. The van der Waals surface area contributed by atoms with Gasteiger partial charge in [0.05, 0.1) is 11.2 Å². The van der Waals surface area contributed by atoms with Crippen molar-refractivity contribution in [2.45, 2.75) is 5.22 Å². The van der Waals surface area contributed by atoms with Crippen LogP contribution in [0.5, 0.6) is 0 Å². The Labute approximate surface area is 108 Å². The van der Waals surface area contributed by atoms with E-state index in [-0.39, 0.29) is 11.0 Å². The zero-order valence-corrected chi connectivity index (χ0v) is 11.0.